The number of rotatable bonds is 11. The fourth-order valence-electron chi connectivity index (χ4n) is 10.7. The number of aliphatic hydroxyl groups is 2. The molecule has 0 aromatic heterocycles. The third-order valence-corrected chi connectivity index (χ3v) is 13.8. The Hall–Kier alpha value is -2.19. The first-order valence-electron chi connectivity index (χ1n) is 17.1. The molecule has 0 aromatic rings. The average molecular weight is 631 g/mol. The number of ether oxygens (including phenoxy) is 1. The molecule has 2 saturated carbocycles. The Labute approximate surface area is 269 Å². The van der Waals surface area contributed by atoms with Gasteiger partial charge < -0.3 is 25.2 Å². The maximum atomic E-state index is 12.9. The summed E-state index contributed by atoms with van der Waals surface area (Å²) in [5, 5.41) is 41.0. The van der Waals surface area contributed by atoms with Crippen LogP contribution in [0.3, 0.4) is 0 Å². The summed E-state index contributed by atoms with van der Waals surface area (Å²) in [7, 11) is 0. The molecule has 0 bridgehead atoms. The molecule has 0 heterocycles. The first kappa shape index (κ1) is 35.7. The van der Waals surface area contributed by atoms with Gasteiger partial charge in [-0.3, -0.25) is 14.4 Å². The molecule has 0 aromatic carbocycles. The summed E-state index contributed by atoms with van der Waals surface area (Å²) in [4.78, 5) is 35.5. The van der Waals surface area contributed by atoms with E-state index in [9.17, 15) is 29.7 Å². The Kier molecular flexibility index (Phi) is 9.60. The lowest BCUT2D eigenvalue weighted by Crippen LogP contribution is -2.58. The van der Waals surface area contributed by atoms with Crippen molar-refractivity contribution in [3.8, 4) is 0 Å². The van der Waals surface area contributed by atoms with Crippen LogP contribution in [0.1, 0.15) is 126 Å². The first-order valence-corrected chi connectivity index (χ1v) is 17.1. The van der Waals surface area contributed by atoms with Crippen molar-refractivity contribution >= 4 is 17.9 Å². The van der Waals surface area contributed by atoms with Crippen molar-refractivity contribution in [2.75, 3.05) is 0 Å². The van der Waals surface area contributed by atoms with E-state index in [1.54, 1.807) is 6.92 Å². The molecule has 0 aliphatic heterocycles. The lowest BCUT2D eigenvalue weighted by atomic mass is 9.42. The molecule has 2 fully saturated rings. The van der Waals surface area contributed by atoms with Gasteiger partial charge >= 0.3 is 17.9 Å². The molecule has 4 aliphatic rings. The van der Waals surface area contributed by atoms with Crippen LogP contribution in [0.2, 0.25) is 0 Å². The van der Waals surface area contributed by atoms with Gasteiger partial charge in [-0.1, -0.05) is 64.8 Å². The minimum Gasteiger partial charge on any atom is -0.481 e. The maximum Gasteiger partial charge on any atom is 0.310 e. The van der Waals surface area contributed by atoms with Crippen molar-refractivity contribution < 1.29 is 39.5 Å². The number of carbonyl (C=O) groups is 3. The third-order valence-electron chi connectivity index (χ3n) is 13.8. The molecule has 4 N–H and O–H groups in total. The zero-order chi connectivity index (χ0) is 33.9. The van der Waals surface area contributed by atoms with E-state index >= 15 is 0 Å². The predicted molar refractivity (Wildman–Crippen MR) is 172 cm³/mol. The van der Waals surface area contributed by atoms with Crippen LogP contribution in [-0.4, -0.2) is 56.1 Å². The van der Waals surface area contributed by atoms with Crippen LogP contribution in [0.5, 0.6) is 0 Å². The molecule has 45 heavy (non-hydrogen) atoms. The van der Waals surface area contributed by atoms with Gasteiger partial charge in [0.1, 0.15) is 6.10 Å². The molecule has 10 atom stereocenters. The summed E-state index contributed by atoms with van der Waals surface area (Å²) in [6, 6.07) is 0. The number of carboxylic acid groups (broad SMARTS) is 2. The van der Waals surface area contributed by atoms with Crippen molar-refractivity contribution in [2.45, 2.75) is 144 Å². The second kappa shape index (κ2) is 12.1. The van der Waals surface area contributed by atoms with Gasteiger partial charge in [0.15, 0.2) is 0 Å². The quantitative estimate of drug-likeness (QED) is 0.142. The van der Waals surface area contributed by atoms with Gasteiger partial charge in [-0.25, -0.2) is 0 Å². The molecule has 8 nitrogen and oxygen atoms in total. The van der Waals surface area contributed by atoms with Gasteiger partial charge in [-0.15, -0.1) is 0 Å². The van der Waals surface area contributed by atoms with Gasteiger partial charge in [0.25, 0.3) is 0 Å². The Morgan fingerprint density at radius 3 is 2.24 bits per heavy atom. The molecular formula is C37H58O8. The van der Waals surface area contributed by atoms with E-state index < -0.39 is 42.0 Å². The molecule has 4 aliphatic carbocycles. The topological polar surface area (TPSA) is 141 Å². The van der Waals surface area contributed by atoms with E-state index in [2.05, 4.69) is 48.1 Å². The van der Waals surface area contributed by atoms with Gasteiger partial charge in [0, 0.05) is 10.8 Å². The second-order valence-corrected chi connectivity index (χ2v) is 16.8. The van der Waals surface area contributed by atoms with Gasteiger partial charge in [-0.2, -0.15) is 0 Å². The van der Waals surface area contributed by atoms with Gasteiger partial charge in [-0.05, 0) is 100 Å². The SMILES string of the molecule is C=C(CCC(C)C1CCC2(C)C3=C(CC(O)C12C)C1(C)CCC(OC(=O)CC(C)(O)CC(=O)O)C(C)(C)C1CC3)C(C)C(=O)O. The van der Waals surface area contributed by atoms with Crippen LogP contribution in [0.15, 0.2) is 23.3 Å². The summed E-state index contributed by atoms with van der Waals surface area (Å²) in [5.74, 6) is -2.21. The highest BCUT2D eigenvalue weighted by molar-refractivity contribution is 5.74. The van der Waals surface area contributed by atoms with Crippen molar-refractivity contribution in [3.63, 3.8) is 0 Å². The van der Waals surface area contributed by atoms with Gasteiger partial charge in [0.05, 0.1) is 30.5 Å². The smallest absolute Gasteiger partial charge is 0.310 e. The lowest BCUT2D eigenvalue weighted by Gasteiger charge is -2.63. The van der Waals surface area contributed by atoms with Gasteiger partial charge in [0.2, 0.25) is 0 Å². The van der Waals surface area contributed by atoms with Crippen LogP contribution in [0.4, 0.5) is 0 Å². The zero-order valence-corrected chi connectivity index (χ0v) is 28.9. The summed E-state index contributed by atoms with van der Waals surface area (Å²) in [5.41, 5.74) is 1.17. The molecule has 4 rings (SSSR count). The normalized spacial score (nSPS) is 38.2. The Morgan fingerprint density at radius 1 is 1.00 bits per heavy atom. The summed E-state index contributed by atoms with van der Waals surface area (Å²) >= 11 is 0. The predicted octanol–water partition coefficient (Wildman–Crippen LogP) is 6.93. The maximum absolute atomic E-state index is 12.9. The van der Waals surface area contributed by atoms with Crippen LogP contribution in [-0.2, 0) is 19.1 Å². The van der Waals surface area contributed by atoms with E-state index in [4.69, 9.17) is 9.84 Å². The summed E-state index contributed by atoms with van der Waals surface area (Å²) in [6.45, 7) is 20.8. The van der Waals surface area contributed by atoms with E-state index in [0.29, 0.717) is 31.1 Å². The molecular weight excluding hydrogens is 572 g/mol. The first-order chi connectivity index (χ1) is 20.6. The fourth-order valence-corrected chi connectivity index (χ4v) is 10.7. The number of hydrogen-bond donors (Lipinski definition) is 4. The molecule has 0 saturated heterocycles. The molecule has 8 heteroatoms. The van der Waals surface area contributed by atoms with Crippen LogP contribution < -0.4 is 0 Å². The Bertz CT molecular complexity index is 1250. The summed E-state index contributed by atoms with van der Waals surface area (Å²) < 4.78 is 5.99. The molecule has 0 amide bonds. The highest BCUT2D eigenvalue weighted by atomic mass is 16.5. The second-order valence-electron chi connectivity index (χ2n) is 16.8. The van der Waals surface area contributed by atoms with Crippen molar-refractivity contribution in [3.05, 3.63) is 23.3 Å². The molecule has 254 valence electrons. The number of allylic oxidation sites excluding steroid dienone is 1. The Morgan fingerprint density at radius 2 is 1.64 bits per heavy atom. The van der Waals surface area contributed by atoms with Crippen molar-refractivity contribution in [2.24, 2.45) is 45.3 Å². The Balaban J connectivity index is 1.55. The highest BCUT2D eigenvalue weighted by Gasteiger charge is 2.66. The molecule has 0 radical (unpaired) electrons. The van der Waals surface area contributed by atoms with Crippen LogP contribution in [0, 0.1) is 45.3 Å². The largest absolute Gasteiger partial charge is 0.481 e. The van der Waals surface area contributed by atoms with Crippen LogP contribution >= 0.6 is 0 Å². The zero-order valence-electron chi connectivity index (χ0n) is 28.9. The molecule has 10 unspecified atom stereocenters. The van der Waals surface area contributed by atoms with E-state index in [1.165, 1.54) is 18.1 Å². The number of hydrogen-bond acceptors (Lipinski definition) is 6. The third kappa shape index (κ3) is 6.03. The van der Waals surface area contributed by atoms with Crippen molar-refractivity contribution in [1.82, 2.24) is 0 Å². The van der Waals surface area contributed by atoms with E-state index in [0.717, 1.165) is 44.1 Å². The minimum absolute atomic E-state index is 0.124. The fraction of sp³-hybridized carbons (Fsp3) is 0.811. The van der Waals surface area contributed by atoms with Crippen LogP contribution in [0.25, 0.3) is 0 Å². The number of aliphatic carboxylic acids is 2. The lowest BCUT2D eigenvalue weighted by molar-refractivity contribution is -0.175. The number of carboxylic acids is 2. The number of fused-ring (bicyclic) bond motifs is 4. The highest BCUT2D eigenvalue weighted by Crippen LogP contribution is 2.72. The summed E-state index contributed by atoms with van der Waals surface area (Å²) in [6.07, 6.45) is 6.01. The standard InChI is InChI=1S/C37H58O8/c1-21(23(3)32(42)43)10-11-22(2)24-14-17-36(8)25-12-13-27-33(4,5)29(45-31(41)20-34(6,44)19-30(39)40)15-16-35(27,7)26(25)18-28(38)37(24,36)9/h22-24,27-29,38,44H,1,10-20H2,2-9H3,(H,39,40)(H,42,43). The molecule has 0 spiro atoms. The monoisotopic (exact) mass is 630 g/mol. The minimum atomic E-state index is -1.66. The van der Waals surface area contributed by atoms with E-state index in [-0.39, 0.29) is 40.1 Å². The number of aliphatic hydroxyl groups excluding tert-OH is 1. The van der Waals surface area contributed by atoms with Crippen molar-refractivity contribution in [1.29, 1.82) is 0 Å². The van der Waals surface area contributed by atoms with E-state index in [1.807, 2.05) is 0 Å². The number of esters is 1. The average Bonchev–Trinajstić information content (AvgIpc) is 3.20. The number of carbonyl (C=O) groups excluding carboxylic acids is 1.